The number of aryl methyl sites for hydroxylation is 2. The van der Waals surface area contributed by atoms with E-state index in [4.69, 9.17) is 0 Å². The van der Waals surface area contributed by atoms with Crippen molar-refractivity contribution < 1.29 is 0 Å². The van der Waals surface area contributed by atoms with Crippen LogP contribution in [0.25, 0.3) is 11.4 Å². The Balaban J connectivity index is 1.63. The maximum Gasteiger partial charge on any atom is 0.231 e. The van der Waals surface area contributed by atoms with Crippen LogP contribution in [0.2, 0.25) is 0 Å². The zero-order valence-corrected chi connectivity index (χ0v) is 15.1. The minimum absolute atomic E-state index is 0.432. The SMILES string of the molecule is CNC1CCCCc2cc(-c3ncnc(Nc4ccn(C)n4)n3)ccc21. The van der Waals surface area contributed by atoms with E-state index in [9.17, 15) is 0 Å². The first kappa shape index (κ1) is 16.7. The molecular formula is C19H23N7. The molecule has 2 aromatic heterocycles. The predicted octanol–water partition coefficient (Wildman–Crippen LogP) is 3.00. The smallest absolute Gasteiger partial charge is 0.231 e. The molecule has 1 aromatic carbocycles. The van der Waals surface area contributed by atoms with Gasteiger partial charge in [0, 0.05) is 30.9 Å². The Bertz CT molecular complexity index is 902. The highest BCUT2D eigenvalue weighted by atomic mass is 15.3. The molecule has 134 valence electrons. The van der Waals surface area contributed by atoms with Crippen LogP contribution in [-0.2, 0) is 13.5 Å². The molecule has 26 heavy (non-hydrogen) atoms. The highest BCUT2D eigenvalue weighted by Gasteiger charge is 2.18. The van der Waals surface area contributed by atoms with Crippen molar-refractivity contribution in [2.75, 3.05) is 12.4 Å². The summed E-state index contributed by atoms with van der Waals surface area (Å²) in [5.41, 5.74) is 3.81. The summed E-state index contributed by atoms with van der Waals surface area (Å²) in [5.74, 6) is 1.88. The van der Waals surface area contributed by atoms with E-state index in [1.165, 1.54) is 36.7 Å². The number of hydrogen-bond donors (Lipinski definition) is 2. The fourth-order valence-electron chi connectivity index (χ4n) is 3.51. The highest BCUT2D eigenvalue weighted by molar-refractivity contribution is 5.59. The Kier molecular flexibility index (Phi) is 4.62. The summed E-state index contributed by atoms with van der Waals surface area (Å²) >= 11 is 0. The van der Waals surface area contributed by atoms with Gasteiger partial charge in [0.15, 0.2) is 11.6 Å². The lowest BCUT2D eigenvalue weighted by Crippen LogP contribution is -2.16. The molecule has 1 aliphatic rings. The molecular weight excluding hydrogens is 326 g/mol. The van der Waals surface area contributed by atoms with Crippen molar-refractivity contribution >= 4 is 11.8 Å². The van der Waals surface area contributed by atoms with E-state index < -0.39 is 0 Å². The van der Waals surface area contributed by atoms with Gasteiger partial charge >= 0.3 is 0 Å². The van der Waals surface area contributed by atoms with Gasteiger partial charge in [-0.3, -0.25) is 4.68 Å². The van der Waals surface area contributed by atoms with Crippen LogP contribution in [0.1, 0.15) is 36.4 Å². The molecule has 1 aliphatic carbocycles. The second-order valence-corrected chi connectivity index (χ2v) is 6.63. The van der Waals surface area contributed by atoms with Gasteiger partial charge in [-0.25, -0.2) is 9.97 Å². The lowest BCUT2D eigenvalue weighted by atomic mass is 9.96. The lowest BCUT2D eigenvalue weighted by molar-refractivity contribution is 0.533. The molecule has 1 atom stereocenters. The highest BCUT2D eigenvalue weighted by Crippen LogP contribution is 2.31. The fourth-order valence-corrected chi connectivity index (χ4v) is 3.51. The van der Waals surface area contributed by atoms with E-state index in [-0.39, 0.29) is 0 Å². The molecule has 7 nitrogen and oxygen atoms in total. The molecule has 7 heteroatoms. The third-order valence-electron chi connectivity index (χ3n) is 4.84. The van der Waals surface area contributed by atoms with Crippen LogP contribution in [-0.4, -0.2) is 31.8 Å². The first-order valence-electron chi connectivity index (χ1n) is 8.99. The normalized spacial score (nSPS) is 16.8. The van der Waals surface area contributed by atoms with Crippen LogP contribution in [0, 0.1) is 0 Å². The Hall–Kier alpha value is -2.80. The van der Waals surface area contributed by atoms with Crippen molar-refractivity contribution in [3.8, 4) is 11.4 Å². The van der Waals surface area contributed by atoms with Crippen molar-refractivity contribution in [1.82, 2.24) is 30.0 Å². The number of nitrogens with one attached hydrogen (secondary N) is 2. The van der Waals surface area contributed by atoms with Crippen LogP contribution in [0.5, 0.6) is 0 Å². The van der Waals surface area contributed by atoms with Gasteiger partial charge in [0.1, 0.15) is 6.33 Å². The number of rotatable bonds is 4. The van der Waals surface area contributed by atoms with Gasteiger partial charge in [-0.2, -0.15) is 10.1 Å². The average molecular weight is 349 g/mol. The van der Waals surface area contributed by atoms with E-state index in [1.54, 1.807) is 4.68 Å². The molecule has 0 saturated carbocycles. The van der Waals surface area contributed by atoms with Gasteiger partial charge in [0.25, 0.3) is 0 Å². The van der Waals surface area contributed by atoms with Gasteiger partial charge < -0.3 is 10.6 Å². The molecule has 3 aromatic rings. The zero-order valence-electron chi connectivity index (χ0n) is 15.1. The Morgan fingerprint density at radius 1 is 1.15 bits per heavy atom. The van der Waals surface area contributed by atoms with Gasteiger partial charge in [0.2, 0.25) is 5.95 Å². The topological polar surface area (TPSA) is 80.5 Å². The molecule has 1 unspecified atom stereocenters. The van der Waals surface area contributed by atoms with E-state index in [1.807, 2.05) is 26.4 Å². The van der Waals surface area contributed by atoms with Crippen LogP contribution in [0.4, 0.5) is 11.8 Å². The first-order valence-corrected chi connectivity index (χ1v) is 8.99. The van der Waals surface area contributed by atoms with Crippen LogP contribution in [0.15, 0.2) is 36.8 Å². The Morgan fingerprint density at radius 3 is 2.88 bits per heavy atom. The molecule has 2 heterocycles. The summed E-state index contributed by atoms with van der Waals surface area (Å²) in [7, 11) is 3.91. The van der Waals surface area contributed by atoms with Crippen molar-refractivity contribution in [3.63, 3.8) is 0 Å². The number of hydrogen-bond acceptors (Lipinski definition) is 6. The van der Waals surface area contributed by atoms with Crippen molar-refractivity contribution in [2.45, 2.75) is 31.7 Å². The molecule has 0 aliphatic heterocycles. The predicted molar refractivity (Wildman–Crippen MR) is 101 cm³/mol. The molecule has 0 bridgehead atoms. The third-order valence-corrected chi connectivity index (χ3v) is 4.84. The second-order valence-electron chi connectivity index (χ2n) is 6.63. The van der Waals surface area contributed by atoms with Crippen LogP contribution in [0.3, 0.4) is 0 Å². The third kappa shape index (κ3) is 3.43. The zero-order chi connectivity index (χ0) is 17.9. The first-order chi connectivity index (χ1) is 12.7. The molecule has 0 radical (unpaired) electrons. The number of aromatic nitrogens is 5. The maximum absolute atomic E-state index is 4.56. The van der Waals surface area contributed by atoms with Crippen molar-refractivity contribution in [3.05, 3.63) is 47.9 Å². The Morgan fingerprint density at radius 2 is 2.08 bits per heavy atom. The lowest BCUT2D eigenvalue weighted by Gasteiger charge is -2.17. The molecule has 0 saturated heterocycles. The number of anilines is 2. The molecule has 4 rings (SSSR count). The number of nitrogens with zero attached hydrogens (tertiary/aromatic N) is 5. The summed E-state index contributed by atoms with van der Waals surface area (Å²) in [6.45, 7) is 0. The van der Waals surface area contributed by atoms with Gasteiger partial charge in [-0.05, 0) is 43.5 Å². The molecule has 0 amide bonds. The fraction of sp³-hybridized carbons (Fsp3) is 0.368. The maximum atomic E-state index is 4.56. The minimum Gasteiger partial charge on any atom is -0.313 e. The summed E-state index contributed by atoms with van der Waals surface area (Å²) < 4.78 is 1.73. The van der Waals surface area contributed by atoms with Crippen molar-refractivity contribution in [1.29, 1.82) is 0 Å². The molecule has 2 N–H and O–H groups in total. The van der Waals surface area contributed by atoms with E-state index in [0.717, 1.165) is 12.0 Å². The van der Waals surface area contributed by atoms with E-state index in [0.29, 0.717) is 23.6 Å². The number of benzene rings is 1. The van der Waals surface area contributed by atoms with E-state index >= 15 is 0 Å². The molecule has 0 spiro atoms. The summed E-state index contributed by atoms with van der Waals surface area (Å²) in [6.07, 6.45) is 8.17. The summed E-state index contributed by atoms with van der Waals surface area (Å²) in [5, 5.41) is 10.8. The monoisotopic (exact) mass is 349 g/mol. The van der Waals surface area contributed by atoms with Crippen LogP contribution < -0.4 is 10.6 Å². The summed E-state index contributed by atoms with van der Waals surface area (Å²) in [4.78, 5) is 13.1. The standard InChI is InChI=1S/C19H23N7/c1-20-16-6-4-3-5-13-11-14(7-8-15(13)16)18-21-12-22-19(24-18)23-17-9-10-26(2)25-17/h7-12,16,20H,3-6H2,1-2H3,(H,21,22,23,24,25). The van der Waals surface area contributed by atoms with Gasteiger partial charge in [-0.15, -0.1) is 0 Å². The number of fused-ring (bicyclic) bond motifs is 1. The Labute approximate surface area is 152 Å². The van der Waals surface area contributed by atoms with Crippen molar-refractivity contribution in [2.24, 2.45) is 7.05 Å². The van der Waals surface area contributed by atoms with Gasteiger partial charge in [-0.1, -0.05) is 18.6 Å². The van der Waals surface area contributed by atoms with Crippen LogP contribution >= 0.6 is 0 Å². The quantitative estimate of drug-likeness (QED) is 0.705. The minimum atomic E-state index is 0.432. The van der Waals surface area contributed by atoms with Gasteiger partial charge in [0.05, 0.1) is 0 Å². The second kappa shape index (κ2) is 7.21. The van der Waals surface area contributed by atoms with E-state index in [2.05, 4.69) is 48.9 Å². The average Bonchev–Trinajstić information content (AvgIpc) is 2.95. The largest absolute Gasteiger partial charge is 0.313 e. The summed E-state index contributed by atoms with van der Waals surface area (Å²) in [6, 6.07) is 8.86. The molecule has 0 fully saturated rings.